The molecule has 1 amide bonds. The maximum absolute atomic E-state index is 11.7. The van der Waals surface area contributed by atoms with Crippen LogP contribution in [0.25, 0.3) is 0 Å². The number of carbonyl (C=O) groups excluding carboxylic acids is 1. The van der Waals surface area contributed by atoms with Crippen molar-refractivity contribution in [3.05, 3.63) is 18.1 Å². The normalized spacial score (nSPS) is 12.0. The maximum atomic E-state index is 11.7. The third-order valence-electron chi connectivity index (χ3n) is 2.31. The fraction of sp³-hybridized carbons (Fsp3) is 0.500. The summed E-state index contributed by atoms with van der Waals surface area (Å²) in [6.07, 6.45) is 2.43. The number of amides is 1. The predicted octanol–water partition coefficient (Wildman–Crippen LogP) is 0.747. The topological polar surface area (TPSA) is 104 Å². The lowest BCUT2D eigenvalue weighted by atomic mass is 10.2. The SMILES string of the molecule is CC(C)CNC(=O)C(C)Nc1cnc(C(=O)O)cn1. The van der Waals surface area contributed by atoms with Gasteiger partial charge in [-0.2, -0.15) is 0 Å². The van der Waals surface area contributed by atoms with Gasteiger partial charge in [0.1, 0.15) is 11.9 Å². The number of hydrogen-bond donors (Lipinski definition) is 3. The van der Waals surface area contributed by atoms with Crippen LogP contribution in [0.4, 0.5) is 5.82 Å². The fourth-order valence-electron chi connectivity index (χ4n) is 1.26. The molecule has 7 nitrogen and oxygen atoms in total. The van der Waals surface area contributed by atoms with Crippen molar-refractivity contribution < 1.29 is 14.7 Å². The summed E-state index contributed by atoms with van der Waals surface area (Å²) in [5, 5.41) is 14.3. The molecule has 3 N–H and O–H groups in total. The number of anilines is 1. The Morgan fingerprint density at radius 2 is 1.95 bits per heavy atom. The van der Waals surface area contributed by atoms with E-state index in [0.717, 1.165) is 6.20 Å². The van der Waals surface area contributed by atoms with Crippen LogP contribution in [-0.2, 0) is 4.79 Å². The lowest BCUT2D eigenvalue weighted by Crippen LogP contribution is -2.39. The van der Waals surface area contributed by atoms with E-state index in [-0.39, 0.29) is 11.6 Å². The molecule has 1 heterocycles. The molecule has 0 spiro atoms. The van der Waals surface area contributed by atoms with E-state index in [9.17, 15) is 9.59 Å². The lowest BCUT2D eigenvalue weighted by molar-refractivity contribution is -0.121. The first-order valence-electron chi connectivity index (χ1n) is 5.99. The van der Waals surface area contributed by atoms with Gasteiger partial charge in [-0.05, 0) is 12.8 Å². The highest BCUT2D eigenvalue weighted by molar-refractivity contribution is 5.85. The molecule has 1 aromatic rings. The van der Waals surface area contributed by atoms with Crippen LogP contribution in [0.15, 0.2) is 12.4 Å². The van der Waals surface area contributed by atoms with Crippen molar-refractivity contribution in [2.24, 2.45) is 5.92 Å². The van der Waals surface area contributed by atoms with Crippen LogP contribution in [0.5, 0.6) is 0 Å². The number of carbonyl (C=O) groups is 2. The molecule has 0 saturated carbocycles. The van der Waals surface area contributed by atoms with E-state index in [1.807, 2.05) is 13.8 Å². The molecular formula is C12H18N4O3. The van der Waals surface area contributed by atoms with Gasteiger partial charge in [0.2, 0.25) is 5.91 Å². The molecule has 0 saturated heterocycles. The second-order valence-corrected chi connectivity index (χ2v) is 4.60. The Morgan fingerprint density at radius 1 is 1.26 bits per heavy atom. The summed E-state index contributed by atoms with van der Waals surface area (Å²) in [7, 11) is 0. The molecule has 0 aliphatic carbocycles. The van der Waals surface area contributed by atoms with E-state index in [4.69, 9.17) is 5.11 Å². The number of carboxylic acid groups (broad SMARTS) is 1. The minimum Gasteiger partial charge on any atom is -0.476 e. The van der Waals surface area contributed by atoms with Crippen LogP contribution in [0.3, 0.4) is 0 Å². The number of nitrogens with one attached hydrogen (secondary N) is 2. The summed E-state index contributed by atoms with van der Waals surface area (Å²) < 4.78 is 0. The van der Waals surface area contributed by atoms with Crippen LogP contribution in [0.2, 0.25) is 0 Å². The van der Waals surface area contributed by atoms with E-state index in [0.29, 0.717) is 18.3 Å². The standard InChI is InChI=1S/C12H18N4O3/c1-7(2)4-15-11(17)8(3)16-10-6-13-9(5-14-10)12(18)19/h5-8H,4H2,1-3H3,(H,14,16)(H,15,17)(H,18,19). The third-order valence-corrected chi connectivity index (χ3v) is 2.31. The second kappa shape index (κ2) is 6.67. The first kappa shape index (κ1) is 14.9. The number of hydrogen-bond acceptors (Lipinski definition) is 5. The monoisotopic (exact) mass is 266 g/mol. The zero-order valence-corrected chi connectivity index (χ0v) is 11.2. The molecule has 0 aliphatic heterocycles. The van der Waals surface area contributed by atoms with Gasteiger partial charge in [-0.3, -0.25) is 4.79 Å². The van der Waals surface area contributed by atoms with Gasteiger partial charge in [0.05, 0.1) is 12.4 Å². The van der Waals surface area contributed by atoms with Crippen molar-refractivity contribution in [1.82, 2.24) is 15.3 Å². The number of rotatable bonds is 6. The van der Waals surface area contributed by atoms with Gasteiger partial charge < -0.3 is 15.7 Å². The smallest absolute Gasteiger partial charge is 0.356 e. The van der Waals surface area contributed by atoms with Crippen molar-refractivity contribution >= 4 is 17.7 Å². The molecule has 1 unspecified atom stereocenters. The molecule has 0 fully saturated rings. The van der Waals surface area contributed by atoms with Gasteiger partial charge in [0.25, 0.3) is 0 Å². The molecule has 0 radical (unpaired) electrons. The molecule has 0 aliphatic rings. The minimum atomic E-state index is -1.14. The van der Waals surface area contributed by atoms with E-state index < -0.39 is 12.0 Å². The Bertz CT molecular complexity index is 445. The van der Waals surface area contributed by atoms with Gasteiger partial charge >= 0.3 is 5.97 Å². The third kappa shape index (κ3) is 4.90. The Morgan fingerprint density at radius 3 is 2.42 bits per heavy atom. The molecule has 1 aromatic heterocycles. The average molecular weight is 266 g/mol. The summed E-state index contributed by atoms with van der Waals surface area (Å²) in [5.74, 6) is -0.539. The quantitative estimate of drug-likeness (QED) is 0.701. The Labute approximate surface area is 111 Å². The van der Waals surface area contributed by atoms with Gasteiger partial charge in [-0.15, -0.1) is 0 Å². The summed E-state index contributed by atoms with van der Waals surface area (Å²) >= 11 is 0. The van der Waals surface area contributed by atoms with Crippen LogP contribution in [0, 0.1) is 5.92 Å². The fourth-order valence-corrected chi connectivity index (χ4v) is 1.26. The summed E-state index contributed by atoms with van der Waals surface area (Å²) in [6.45, 7) is 6.32. The van der Waals surface area contributed by atoms with Crippen molar-refractivity contribution in [2.75, 3.05) is 11.9 Å². The number of carboxylic acids is 1. The van der Waals surface area contributed by atoms with Gasteiger partial charge in [0, 0.05) is 6.54 Å². The summed E-state index contributed by atoms with van der Waals surface area (Å²) in [5.41, 5.74) is -0.137. The second-order valence-electron chi connectivity index (χ2n) is 4.60. The molecule has 0 aromatic carbocycles. The number of aromatic carboxylic acids is 1. The highest BCUT2D eigenvalue weighted by atomic mass is 16.4. The maximum Gasteiger partial charge on any atom is 0.356 e. The molecule has 7 heteroatoms. The van der Waals surface area contributed by atoms with E-state index in [1.165, 1.54) is 6.20 Å². The Hall–Kier alpha value is -2.18. The van der Waals surface area contributed by atoms with E-state index in [1.54, 1.807) is 6.92 Å². The Balaban J connectivity index is 2.54. The number of aromatic nitrogens is 2. The highest BCUT2D eigenvalue weighted by Gasteiger charge is 2.13. The van der Waals surface area contributed by atoms with E-state index >= 15 is 0 Å². The molecule has 104 valence electrons. The first-order chi connectivity index (χ1) is 8.90. The van der Waals surface area contributed by atoms with Crippen molar-refractivity contribution in [1.29, 1.82) is 0 Å². The molecule has 0 bridgehead atoms. The van der Waals surface area contributed by atoms with Crippen LogP contribution < -0.4 is 10.6 Å². The van der Waals surface area contributed by atoms with Gasteiger partial charge in [-0.1, -0.05) is 13.8 Å². The van der Waals surface area contributed by atoms with Crippen molar-refractivity contribution in [3.8, 4) is 0 Å². The highest BCUT2D eigenvalue weighted by Crippen LogP contribution is 2.03. The van der Waals surface area contributed by atoms with Gasteiger partial charge in [-0.25, -0.2) is 14.8 Å². The zero-order valence-electron chi connectivity index (χ0n) is 11.2. The minimum absolute atomic E-state index is 0.137. The number of nitrogens with zero attached hydrogens (tertiary/aromatic N) is 2. The molecular weight excluding hydrogens is 248 g/mol. The molecule has 1 atom stereocenters. The van der Waals surface area contributed by atoms with Crippen LogP contribution in [0.1, 0.15) is 31.3 Å². The van der Waals surface area contributed by atoms with Gasteiger partial charge in [0.15, 0.2) is 5.69 Å². The van der Waals surface area contributed by atoms with Crippen LogP contribution >= 0.6 is 0 Å². The van der Waals surface area contributed by atoms with E-state index in [2.05, 4.69) is 20.6 Å². The van der Waals surface area contributed by atoms with Crippen LogP contribution in [-0.4, -0.2) is 39.5 Å². The summed E-state index contributed by atoms with van der Waals surface area (Å²) in [4.78, 5) is 29.9. The zero-order chi connectivity index (χ0) is 14.4. The Kier molecular flexibility index (Phi) is 5.23. The average Bonchev–Trinajstić information content (AvgIpc) is 2.36. The summed E-state index contributed by atoms with van der Waals surface area (Å²) in [6, 6.07) is -0.469. The molecule has 1 rings (SSSR count). The van der Waals surface area contributed by atoms with Crippen molar-refractivity contribution in [3.63, 3.8) is 0 Å². The predicted molar refractivity (Wildman–Crippen MR) is 69.9 cm³/mol. The first-order valence-corrected chi connectivity index (χ1v) is 5.99. The molecule has 19 heavy (non-hydrogen) atoms. The largest absolute Gasteiger partial charge is 0.476 e. The van der Waals surface area contributed by atoms with Crippen molar-refractivity contribution in [2.45, 2.75) is 26.8 Å². The lowest BCUT2D eigenvalue weighted by Gasteiger charge is -2.15.